The first-order valence-corrected chi connectivity index (χ1v) is 6.05. The fraction of sp³-hybridized carbons (Fsp3) is 0.571. The van der Waals surface area contributed by atoms with Gasteiger partial charge in [0.2, 0.25) is 0 Å². The van der Waals surface area contributed by atoms with Gasteiger partial charge in [0.05, 0.1) is 14.2 Å². The van der Waals surface area contributed by atoms with Crippen molar-refractivity contribution >= 4 is 0 Å². The highest BCUT2D eigenvalue weighted by atomic mass is 16.5. The summed E-state index contributed by atoms with van der Waals surface area (Å²) in [5.41, 5.74) is 0.928. The molecule has 102 valence electrons. The lowest BCUT2D eigenvalue weighted by molar-refractivity contribution is 0.156. The molecule has 0 aromatic heterocycles. The summed E-state index contributed by atoms with van der Waals surface area (Å²) in [6.45, 7) is 5.62. The Hall–Kier alpha value is -1.26. The first-order valence-electron chi connectivity index (χ1n) is 6.05. The van der Waals surface area contributed by atoms with Crippen LogP contribution in [0, 0.1) is 5.41 Å². The van der Waals surface area contributed by atoms with Crippen LogP contribution in [0.15, 0.2) is 18.2 Å². The van der Waals surface area contributed by atoms with Gasteiger partial charge in [-0.3, -0.25) is 0 Å². The first kappa shape index (κ1) is 14.8. The van der Waals surface area contributed by atoms with E-state index in [9.17, 15) is 5.11 Å². The molecule has 0 saturated carbocycles. The lowest BCUT2D eigenvalue weighted by atomic mass is 9.95. The smallest absolute Gasteiger partial charge is 0.165 e. The molecule has 0 bridgehead atoms. The highest BCUT2D eigenvalue weighted by Gasteiger charge is 2.16. The van der Waals surface area contributed by atoms with Gasteiger partial charge in [0, 0.05) is 30.7 Å². The number of benzene rings is 1. The number of aliphatic hydroxyl groups excluding tert-OH is 1. The third kappa shape index (κ3) is 3.89. The summed E-state index contributed by atoms with van der Waals surface area (Å²) in [6, 6.07) is 5.82. The molecule has 0 aliphatic rings. The van der Waals surface area contributed by atoms with Gasteiger partial charge >= 0.3 is 0 Å². The van der Waals surface area contributed by atoms with Crippen molar-refractivity contribution in [3.8, 4) is 11.5 Å². The zero-order valence-electron chi connectivity index (χ0n) is 11.6. The Kier molecular flexibility index (Phi) is 5.44. The van der Waals surface area contributed by atoms with Crippen molar-refractivity contribution in [1.82, 2.24) is 5.32 Å². The Morgan fingerprint density at radius 3 is 2.50 bits per heavy atom. The molecule has 18 heavy (non-hydrogen) atoms. The molecule has 1 aromatic rings. The lowest BCUT2D eigenvalue weighted by Crippen LogP contribution is -2.31. The molecule has 1 rings (SSSR count). The Bertz CT molecular complexity index is 377. The van der Waals surface area contributed by atoms with Gasteiger partial charge in [-0.2, -0.15) is 0 Å². The number of rotatable bonds is 7. The van der Waals surface area contributed by atoms with E-state index in [0.717, 1.165) is 23.6 Å². The van der Waals surface area contributed by atoms with Crippen LogP contribution in [0.1, 0.15) is 19.4 Å². The number of hydrogen-bond donors (Lipinski definition) is 2. The normalized spacial score (nSPS) is 11.4. The molecule has 0 unspecified atom stereocenters. The highest BCUT2D eigenvalue weighted by molar-refractivity contribution is 5.46. The van der Waals surface area contributed by atoms with Crippen molar-refractivity contribution in [1.29, 1.82) is 0 Å². The summed E-state index contributed by atoms with van der Waals surface area (Å²) in [5, 5.41) is 12.5. The zero-order valence-corrected chi connectivity index (χ0v) is 11.6. The van der Waals surface area contributed by atoms with Crippen molar-refractivity contribution in [3.63, 3.8) is 0 Å². The molecule has 0 amide bonds. The molecular formula is C14H23NO3. The predicted octanol–water partition coefficient (Wildman–Crippen LogP) is 1.81. The van der Waals surface area contributed by atoms with Crippen molar-refractivity contribution in [2.24, 2.45) is 5.41 Å². The van der Waals surface area contributed by atoms with Crippen LogP contribution >= 0.6 is 0 Å². The molecule has 4 nitrogen and oxygen atoms in total. The highest BCUT2D eigenvalue weighted by Crippen LogP contribution is 2.30. The summed E-state index contributed by atoms with van der Waals surface area (Å²) in [6.07, 6.45) is 0. The molecule has 0 spiro atoms. The van der Waals surface area contributed by atoms with Crippen LogP contribution in [0.25, 0.3) is 0 Å². The minimum absolute atomic E-state index is 0.119. The first-order chi connectivity index (χ1) is 8.54. The van der Waals surface area contributed by atoms with Gasteiger partial charge in [0.25, 0.3) is 0 Å². The number of methoxy groups -OCH3 is 2. The largest absolute Gasteiger partial charge is 0.493 e. The Labute approximate surface area is 109 Å². The molecule has 0 heterocycles. The van der Waals surface area contributed by atoms with Crippen molar-refractivity contribution in [3.05, 3.63) is 23.8 Å². The maximum absolute atomic E-state index is 9.19. The van der Waals surface area contributed by atoms with E-state index in [1.54, 1.807) is 14.2 Å². The predicted molar refractivity (Wildman–Crippen MR) is 72.1 cm³/mol. The molecule has 4 heteroatoms. The van der Waals surface area contributed by atoms with Crippen LogP contribution in [0.2, 0.25) is 0 Å². The summed E-state index contributed by atoms with van der Waals surface area (Å²) < 4.78 is 10.6. The summed E-state index contributed by atoms with van der Waals surface area (Å²) in [7, 11) is 3.27. The van der Waals surface area contributed by atoms with Crippen LogP contribution in [0.4, 0.5) is 0 Å². The Morgan fingerprint density at radius 2 is 1.94 bits per heavy atom. The van der Waals surface area contributed by atoms with E-state index >= 15 is 0 Å². The number of para-hydroxylation sites is 1. The molecule has 2 N–H and O–H groups in total. The second-order valence-electron chi connectivity index (χ2n) is 5.08. The molecule has 0 saturated heterocycles. The van der Waals surface area contributed by atoms with Gasteiger partial charge < -0.3 is 19.9 Å². The van der Waals surface area contributed by atoms with Crippen LogP contribution in [-0.4, -0.2) is 32.5 Å². The topological polar surface area (TPSA) is 50.7 Å². The zero-order chi connectivity index (χ0) is 13.6. The molecule has 1 aromatic carbocycles. The maximum atomic E-state index is 9.19. The monoisotopic (exact) mass is 253 g/mol. The minimum atomic E-state index is -0.119. The summed E-state index contributed by atoms with van der Waals surface area (Å²) in [5.74, 6) is 1.49. The number of hydrogen-bond acceptors (Lipinski definition) is 4. The van der Waals surface area contributed by atoms with Crippen molar-refractivity contribution in [2.45, 2.75) is 20.4 Å². The SMILES string of the molecule is COc1cccc(CNCC(C)(C)CO)c1OC. The van der Waals surface area contributed by atoms with Crippen molar-refractivity contribution < 1.29 is 14.6 Å². The second kappa shape index (κ2) is 6.61. The van der Waals surface area contributed by atoms with E-state index in [1.165, 1.54) is 0 Å². The molecule has 0 atom stereocenters. The van der Waals surface area contributed by atoms with Crippen LogP contribution < -0.4 is 14.8 Å². The maximum Gasteiger partial charge on any atom is 0.165 e. The number of nitrogens with one attached hydrogen (secondary N) is 1. The molecule has 0 fully saturated rings. The van der Waals surface area contributed by atoms with Gasteiger partial charge in [-0.1, -0.05) is 26.0 Å². The molecule has 0 radical (unpaired) electrons. The van der Waals surface area contributed by atoms with Crippen LogP contribution in [0.5, 0.6) is 11.5 Å². The fourth-order valence-electron chi connectivity index (χ4n) is 1.68. The van der Waals surface area contributed by atoms with E-state index in [1.807, 2.05) is 32.0 Å². The van der Waals surface area contributed by atoms with E-state index in [0.29, 0.717) is 6.54 Å². The van der Waals surface area contributed by atoms with Gasteiger partial charge in [0.15, 0.2) is 11.5 Å². The van der Waals surface area contributed by atoms with Gasteiger partial charge in [0.1, 0.15) is 0 Å². The summed E-state index contributed by atoms with van der Waals surface area (Å²) in [4.78, 5) is 0. The van der Waals surface area contributed by atoms with E-state index in [2.05, 4.69) is 5.32 Å². The van der Waals surface area contributed by atoms with E-state index in [-0.39, 0.29) is 12.0 Å². The van der Waals surface area contributed by atoms with Crippen molar-refractivity contribution in [2.75, 3.05) is 27.4 Å². The Morgan fingerprint density at radius 1 is 1.22 bits per heavy atom. The quantitative estimate of drug-likeness (QED) is 0.778. The minimum Gasteiger partial charge on any atom is -0.493 e. The van der Waals surface area contributed by atoms with Crippen LogP contribution in [0.3, 0.4) is 0 Å². The average Bonchev–Trinajstić information content (AvgIpc) is 2.38. The lowest BCUT2D eigenvalue weighted by Gasteiger charge is -2.22. The third-order valence-electron chi connectivity index (χ3n) is 2.83. The van der Waals surface area contributed by atoms with Gasteiger partial charge in [-0.05, 0) is 6.07 Å². The molecular weight excluding hydrogens is 230 g/mol. The average molecular weight is 253 g/mol. The number of aliphatic hydroxyl groups is 1. The van der Waals surface area contributed by atoms with Gasteiger partial charge in [-0.15, -0.1) is 0 Å². The van der Waals surface area contributed by atoms with E-state index < -0.39 is 0 Å². The Balaban J connectivity index is 2.67. The molecule has 0 aliphatic heterocycles. The third-order valence-corrected chi connectivity index (χ3v) is 2.83. The molecule has 0 aliphatic carbocycles. The fourth-order valence-corrected chi connectivity index (χ4v) is 1.68. The van der Waals surface area contributed by atoms with E-state index in [4.69, 9.17) is 9.47 Å². The van der Waals surface area contributed by atoms with Crippen LogP contribution in [-0.2, 0) is 6.54 Å². The number of ether oxygens (including phenoxy) is 2. The standard InChI is InChI=1S/C14H23NO3/c1-14(2,10-16)9-15-8-11-6-5-7-12(17-3)13(11)18-4/h5-7,15-16H,8-10H2,1-4H3. The van der Waals surface area contributed by atoms with Gasteiger partial charge in [-0.25, -0.2) is 0 Å². The summed E-state index contributed by atoms with van der Waals surface area (Å²) >= 11 is 0. The second-order valence-corrected chi connectivity index (χ2v) is 5.08.